The van der Waals surface area contributed by atoms with Crippen LogP contribution in [0.2, 0.25) is 5.15 Å². The van der Waals surface area contributed by atoms with Crippen LogP contribution in [0.3, 0.4) is 0 Å². The summed E-state index contributed by atoms with van der Waals surface area (Å²) < 4.78 is 17.0. The minimum absolute atomic E-state index is 0.229. The normalized spacial score (nSPS) is 17.1. The van der Waals surface area contributed by atoms with Gasteiger partial charge in [0.15, 0.2) is 0 Å². The minimum Gasteiger partial charge on any atom is -0.494 e. The van der Waals surface area contributed by atoms with Crippen molar-refractivity contribution in [3.05, 3.63) is 40.9 Å². The van der Waals surface area contributed by atoms with E-state index in [2.05, 4.69) is 39.3 Å². The van der Waals surface area contributed by atoms with E-state index < -0.39 is 0 Å². The number of rotatable bonds is 7. The zero-order valence-corrected chi connectivity index (χ0v) is 20.3. The number of anilines is 1. The van der Waals surface area contributed by atoms with E-state index in [1.165, 1.54) is 19.5 Å². The van der Waals surface area contributed by atoms with Crippen LogP contribution in [0.15, 0.2) is 24.5 Å². The number of carbonyl (C=O) groups excluding carboxylic acids is 1. The van der Waals surface area contributed by atoms with E-state index in [0.717, 1.165) is 30.1 Å². The molecule has 9 nitrogen and oxygen atoms in total. The van der Waals surface area contributed by atoms with Gasteiger partial charge in [-0.3, -0.25) is 15.1 Å². The molecule has 0 aliphatic carbocycles. The minimum atomic E-state index is -0.388. The first kappa shape index (κ1) is 23.3. The molecule has 0 aromatic carbocycles. The number of hydrogen-bond acceptors (Lipinski definition) is 9. The van der Waals surface area contributed by atoms with Crippen LogP contribution in [0.1, 0.15) is 36.3 Å². The fourth-order valence-corrected chi connectivity index (χ4v) is 4.38. The number of aryl methyl sites for hydroxylation is 1. The third-order valence-electron chi connectivity index (χ3n) is 5.59. The summed E-state index contributed by atoms with van der Waals surface area (Å²) in [6.07, 6.45) is 3.95. The molecule has 11 heteroatoms. The summed E-state index contributed by atoms with van der Waals surface area (Å²) in [5.41, 5.74) is 2.10. The van der Waals surface area contributed by atoms with E-state index >= 15 is 0 Å². The SMILES string of the molecule is COc1cnc(Cl)cc1-c1cc(C)ncc1C(=O)Nc1nnc(OC[C@H]2CCOC2(C)C)s1. The summed E-state index contributed by atoms with van der Waals surface area (Å²) in [5.74, 6) is 0.368. The Balaban J connectivity index is 1.52. The number of pyridine rings is 2. The lowest BCUT2D eigenvalue weighted by atomic mass is 9.92. The van der Waals surface area contributed by atoms with Crippen LogP contribution in [0, 0.1) is 12.8 Å². The van der Waals surface area contributed by atoms with Gasteiger partial charge >= 0.3 is 0 Å². The van der Waals surface area contributed by atoms with E-state index in [-0.39, 0.29) is 22.6 Å². The molecule has 3 aromatic heterocycles. The Bertz CT molecular complexity index is 1170. The first-order valence-corrected chi connectivity index (χ1v) is 11.5. The van der Waals surface area contributed by atoms with E-state index in [4.69, 9.17) is 25.8 Å². The molecule has 0 radical (unpaired) electrons. The molecular formula is C22H24ClN5O4S. The van der Waals surface area contributed by atoms with E-state index in [1.807, 2.05) is 6.92 Å². The third kappa shape index (κ3) is 5.23. The van der Waals surface area contributed by atoms with Crippen molar-refractivity contribution >= 4 is 34.0 Å². The predicted octanol–water partition coefficient (Wildman–Crippen LogP) is 4.41. The average molecular weight is 490 g/mol. The van der Waals surface area contributed by atoms with Gasteiger partial charge in [-0.15, -0.1) is 5.10 Å². The molecule has 4 heterocycles. The topological polar surface area (TPSA) is 108 Å². The Hall–Kier alpha value is -2.82. The van der Waals surface area contributed by atoms with Gasteiger partial charge in [0.25, 0.3) is 11.1 Å². The highest BCUT2D eigenvalue weighted by atomic mass is 35.5. The van der Waals surface area contributed by atoms with Crippen LogP contribution in [0.5, 0.6) is 10.9 Å². The molecule has 1 atom stereocenters. The second-order valence-corrected chi connectivity index (χ2v) is 9.48. The number of aromatic nitrogens is 4. The first-order valence-electron chi connectivity index (χ1n) is 10.3. The number of carbonyl (C=O) groups is 1. The molecule has 4 rings (SSSR count). The van der Waals surface area contributed by atoms with Crippen LogP contribution in [-0.4, -0.2) is 52.0 Å². The Labute approximate surface area is 200 Å². The summed E-state index contributed by atoms with van der Waals surface area (Å²) in [5, 5.41) is 11.8. The maximum atomic E-state index is 13.1. The Morgan fingerprint density at radius 3 is 2.82 bits per heavy atom. The van der Waals surface area contributed by atoms with Crippen molar-refractivity contribution in [1.82, 2.24) is 20.2 Å². The highest BCUT2D eigenvalue weighted by Gasteiger charge is 2.36. The number of amides is 1. The highest BCUT2D eigenvalue weighted by molar-refractivity contribution is 7.17. The van der Waals surface area contributed by atoms with Gasteiger partial charge in [0.2, 0.25) is 5.13 Å². The lowest BCUT2D eigenvalue weighted by molar-refractivity contribution is -0.0000271. The van der Waals surface area contributed by atoms with E-state index in [1.54, 1.807) is 12.1 Å². The Kier molecular flexibility index (Phi) is 6.78. The number of ether oxygens (including phenoxy) is 3. The van der Waals surface area contributed by atoms with Crippen molar-refractivity contribution < 1.29 is 19.0 Å². The predicted molar refractivity (Wildman–Crippen MR) is 125 cm³/mol. The third-order valence-corrected chi connectivity index (χ3v) is 6.55. The summed E-state index contributed by atoms with van der Waals surface area (Å²) in [6.45, 7) is 7.14. The molecule has 1 aliphatic heterocycles. The molecule has 0 spiro atoms. The molecule has 1 aliphatic rings. The molecule has 0 saturated carbocycles. The van der Waals surface area contributed by atoms with Crippen molar-refractivity contribution in [3.63, 3.8) is 0 Å². The molecule has 0 unspecified atom stereocenters. The maximum absolute atomic E-state index is 13.1. The van der Waals surface area contributed by atoms with Gasteiger partial charge in [-0.1, -0.05) is 16.7 Å². The fourth-order valence-electron chi connectivity index (χ4n) is 3.62. The molecular weight excluding hydrogens is 466 g/mol. The molecule has 1 amide bonds. The monoisotopic (exact) mass is 489 g/mol. The second kappa shape index (κ2) is 9.58. The molecule has 1 fully saturated rings. The largest absolute Gasteiger partial charge is 0.494 e. The first-order chi connectivity index (χ1) is 15.8. The van der Waals surface area contributed by atoms with Crippen molar-refractivity contribution in [1.29, 1.82) is 0 Å². The number of nitrogens with one attached hydrogen (secondary N) is 1. The van der Waals surface area contributed by atoms with Crippen molar-refractivity contribution in [2.24, 2.45) is 5.92 Å². The molecule has 1 saturated heterocycles. The standard InChI is InChI=1S/C22H24ClN5O4S/c1-12-7-14(15-8-18(23)25-10-17(15)30-4)16(9-24-12)19(29)26-20-27-28-21(33-20)31-11-13-5-6-32-22(13,2)3/h7-10,13H,5-6,11H2,1-4H3,(H,26,27,29)/t13-/m1/s1. The van der Waals surface area contributed by atoms with Gasteiger partial charge in [-0.05, 0) is 50.7 Å². The summed E-state index contributed by atoms with van der Waals surface area (Å²) >= 11 is 7.26. The molecule has 33 heavy (non-hydrogen) atoms. The number of methoxy groups -OCH3 is 1. The van der Waals surface area contributed by atoms with E-state index in [9.17, 15) is 4.79 Å². The fraction of sp³-hybridized carbons (Fsp3) is 0.409. The lowest BCUT2D eigenvalue weighted by Crippen LogP contribution is -2.31. The van der Waals surface area contributed by atoms with Crippen LogP contribution in [-0.2, 0) is 4.74 Å². The van der Waals surface area contributed by atoms with Gasteiger partial charge in [0, 0.05) is 35.5 Å². The van der Waals surface area contributed by atoms with Crippen molar-refractivity contribution in [2.45, 2.75) is 32.8 Å². The highest BCUT2D eigenvalue weighted by Crippen LogP contribution is 2.35. The zero-order valence-electron chi connectivity index (χ0n) is 18.7. The lowest BCUT2D eigenvalue weighted by Gasteiger charge is -2.24. The Morgan fingerprint density at radius 2 is 2.09 bits per heavy atom. The van der Waals surface area contributed by atoms with Gasteiger partial charge < -0.3 is 14.2 Å². The smallest absolute Gasteiger partial charge is 0.295 e. The molecule has 174 valence electrons. The van der Waals surface area contributed by atoms with Crippen molar-refractivity contribution in [2.75, 3.05) is 25.6 Å². The van der Waals surface area contributed by atoms with Crippen LogP contribution >= 0.6 is 22.9 Å². The number of hydrogen-bond donors (Lipinski definition) is 1. The maximum Gasteiger partial charge on any atom is 0.295 e. The quantitative estimate of drug-likeness (QED) is 0.486. The van der Waals surface area contributed by atoms with Crippen molar-refractivity contribution in [3.8, 4) is 22.1 Å². The molecule has 0 bridgehead atoms. The number of halogens is 1. The molecule has 1 N–H and O–H groups in total. The van der Waals surface area contributed by atoms with Gasteiger partial charge in [0.05, 0.1) is 31.1 Å². The van der Waals surface area contributed by atoms with Gasteiger partial charge in [-0.2, -0.15) is 0 Å². The van der Waals surface area contributed by atoms with Crippen LogP contribution in [0.4, 0.5) is 5.13 Å². The van der Waals surface area contributed by atoms with E-state index in [0.29, 0.717) is 39.4 Å². The van der Waals surface area contributed by atoms with Gasteiger partial charge in [0.1, 0.15) is 10.9 Å². The summed E-state index contributed by atoms with van der Waals surface area (Å²) in [7, 11) is 1.53. The number of nitrogens with zero attached hydrogens (tertiary/aromatic N) is 4. The summed E-state index contributed by atoms with van der Waals surface area (Å²) in [4.78, 5) is 21.4. The average Bonchev–Trinajstić information content (AvgIpc) is 3.36. The van der Waals surface area contributed by atoms with Crippen LogP contribution < -0.4 is 14.8 Å². The zero-order chi connectivity index (χ0) is 23.6. The van der Waals surface area contributed by atoms with Crippen LogP contribution in [0.25, 0.3) is 11.1 Å². The van der Waals surface area contributed by atoms with Gasteiger partial charge in [-0.25, -0.2) is 4.98 Å². The Morgan fingerprint density at radius 1 is 1.27 bits per heavy atom. The summed E-state index contributed by atoms with van der Waals surface area (Å²) in [6, 6.07) is 3.44. The second-order valence-electron chi connectivity index (χ2n) is 8.15. The molecule has 3 aromatic rings.